The predicted molar refractivity (Wildman–Crippen MR) is 97.1 cm³/mol. The Balaban J connectivity index is 2.70. The minimum Gasteiger partial charge on any atom is -0.444 e. The number of hydrogen-bond acceptors (Lipinski definition) is 3. The van der Waals surface area contributed by atoms with Crippen molar-refractivity contribution in [3.63, 3.8) is 0 Å². The zero-order chi connectivity index (χ0) is 17.8. The van der Waals surface area contributed by atoms with E-state index in [1.54, 1.807) is 4.90 Å². The first kappa shape index (κ1) is 19.3. The fourth-order valence-electron chi connectivity index (χ4n) is 2.33. The smallest absolute Gasteiger partial charge is 0.410 e. The number of carbonyl (C=O) groups excluding carboxylic acids is 1. The molecular formula is C19H32N2O2. The van der Waals surface area contributed by atoms with Crippen molar-refractivity contribution in [1.82, 2.24) is 4.90 Å². The molecule has 1 amide bonds. The van der Waals surface area contributed by atoms with E-state index in [1.165, 1.54) is 11.1 Å². The lowest BCUT2D eigenvalue weighted by atomic mass is 10.1. The van der Waals surface area contributed by atoms with E-state index in [1.807, 2.05) is 41.5 Å². The summed E-state index contributed by atoms with van der Waals surface area (Å²) in [7, 11) is 0. The molecule has 0 heterocycles. The van der Waals surface area contributed by atoms with Crippen molar-refractivity contribution in [3.05, 3.63) is 29.3 Å². The lowest BCUT2D eigenvalue weighted by Gasteiger charge is -2.37. The van der Waals surface area contributed by atoms with E-state index in [9.17, 15) is 4.79 Å². The Morgan fingerprint density at radius 2 is 1.74 bits per heavy atom. The van der Waals surface area contributed by atoms with Gasteiger partial charge in [-0.15, -0.1) is 0 Å². The third kappa shape index (κ3) is 6.51. The molecule has 0 saturated heterocycles. The van der Waals surface area contributed by atoms with E-state index in [4.69, 9.17) is 4.74 Å². The van der Waals surface area contributed by atoms with Crippen LogP contribution in [-0.4, -0.2) is 35.2 Å². The van der Waals surface area contributed by atoms with Gasteiger partial charge in [-0.05, 0) is 67.0 Å². The third-order valence-electron chi connectivity index (χ3n) is 3.46. The first-order valence-corrected chi connectivity index (χ1v) is 8.22. The molecule has 4 heteroatoms. The Morgan fingerprint density at radius 1 is 1.13 bits per heavy atom. The van der Waals surface area contributed by atoms with Gasteiger partial charge < -0.3 is 15.0 Å². The van der Waals surface area contributed by atoms with Gasteiger partial charge in [0.15, 0.2) is 0 Å². The molecule has 0 spiro atoms. The topological polar surface area (TPSA) is 41.6 Å². The summed E-state index contributed by atoms with van der Waals surface area (Å²) < 4.78 is 5.53. The highest BCUT2D eigenvalue weighted by molar-refractivity contribution is 5.69. The van der Waals surface area contributed by atoms with Gasteiger partial charge in [0.25, 0.3) is 0 Å². The van der Waals surface area contributed by atoms with Crippen molar-refractivity contribution in [2.75, 3.05) is 18.4 Å². The van der Waals surface area contributed by atoms with Crippen LogP contribution in [0.1, 0.15) is 52.7 Å². The van der Waals surface area contributed by atoms with E-state index >= 15 is 0 Å². The van der Waals surface area contributed by atoms with Crippen LogP contribution in [0.5, 0.6) is 0 Å². The fourth-order valence-corrected chi connectivity index (χ4v) is 2.33. The summed E-state index contributed by atoms with van der Waals surface area (Å²) in [5, 5.41) is 3.41. The number of anilines is 1. The monoisotopic (exact) mass is 320 g/mol. The molecule has 0 bridgehead atoms. The number of nitrogens with zero attached hydrogens (tertiary/aromatic N) is 1. The normalized spacial score (nSPS) is 12.0. The van der Waals surface area contributed by atoms with Gasteiger partial charge >= 0.3 is 6.09 Å². The van der Waals surface area contributed by atoms with Gasteiger partial charge in [-0.3, -0.25) is 0 Å². The van der Waals surface area contributed by atoms with Gasteiger partial charge in [-0.1, -0.05) is 17.7 Å². The summed E-state index contributed by atoms with van der Waals surface area (Å²) in [6.07, 6.45) is -0.271. The SMILES string of the molecule is Cc1ccc(NCCN(C(=O)OC(C)(C)C)C(C)(C)C)c(C)c1. The summed E-state index contributed by atoms with van der Waals surface area (Å²) in [6, 6.07) is 6.32. The predicted octanol–water partition coefficient (Wildman–Crippen LogP) is 4.75. The maximum absolute atomic E-state index is 12.4. The Morgan fingerprint density at radius 3 is 2.22 bits per heavy atom. The summed E-state index contributed by atoms with van der Waals surface area (Å²) in [6.45, 7) is 17.2. The highest BCUT2D eigenvalue weighted by atomic mass is 16.6. The molecule has 1 N–H and O–H groups in total. The minimum absolute atomic E-state index is 0.271. The van der Waals surface area contributed by atoms with Crippen molar-refractivity contribution in [3.8, 4) is 0 Å². The van der Waals surface area contributed by atoms with Crippen LogP contribution in [-0.2, 0) is 4.74 Å². The number of nitrogens with one attached hydrogen (secondary N) is 1. The van der Waals surface area contributed by atoms with Crippen LogP contribution in [0.25, 0.3) is 0 Å². The second-order valence-electron chi connectivity index (χ2n) is 8.05. The van der Waals surface area contributed by atoms with Crippen molar-refractivity contribution in [2.45, 2.75) is 66.5 Å². The first-order chi connectivity index (χ1) is 10.4. The standard InChI is InChI=1S/C19H32N2O2/c1-14-9-10-16(15(2)13-14)20-11-12-21(18(3,4)5)17(22)23-19(6,7)8/h9-10,13,20H,11-12H2,1-8H3. The molecule has 4 nitrogen and oxygen atoms in total. The van der Waals surface area contributed by atoms with Gasteiger partial charge in [0.2, 0.25) is 0 Å². The van der Waals surface area contributed by atoms with Crippen LogP contribution in [0.2, 0.25) is 0 Å². The zero-order valence-corrected chi connectivity index (χ0v) is 15.9. The number of rotatable bonds is 4. The largest absolute Gasteiger partial charge is 0.444 e. The van der Waals surface area contributed by atoms with Crippen LogP contribution in [0.3, 0.4) is 0 Å². The Labute approximate surface area is 141 Å². The fraction of sp³-hybridized carbons (Fsp3) is 0.632. The molecular weight excluding hydrogens is 288 g/mol. The van der Waals surface area contributed by atoms with Crippen LogP contribution in [0.4, 0.5) is 10.5 Å². The molecule has 1 rings (SSSR count). The number of ether oxygens (including phenoxy) is 1. The highest BCUT2D eigenvalue weighted by Gasteiger charge is 2.30. The van der Waals surface area contributed by atoms with Crippen molar-refractivity contribution < 1.29 is 9.53 Å². The number of hydrogen-bond donors (Lipinski definition) is 1. The highest BCUT2D eigenvalue weighted by Crippen LogP contribution is 2.19. The third-order valence-corrected chi connectivity index (χ3v) is 3.46. The van der Waals surface area contributed by atoms with Gasteiger partial charge in [0.05, 0.1) is 0 Å². The average Bonchev–Trinajstić information content (AvgIpc) is 2.32. The molecule has 1 aromatic carbocycles. The summed E-state index contributed by atoms with van der Waals surface area (Å²) >= 11 is 0. The molecule has 0 unspecified atom stereocenters. The molecule has 1 aromatic rings. The number of aryl methyl sites for hydroxylation is 2. The lowest BCUT2D eigenvalue weighted by molar-refractivity contribution is 0.00749. The summed E-state index contributed by atoms with van der Waals surface area (Å²) in [5.74, 6) is 0. The maximum Gasteiger partial charge on any atom is 0.410 e. The molecule has 0 aliphatic heterocycles. The van der Waals surface area contributed by atoms with Crippen LogP contribution in [0.15, 0.2) is 18.2 Å². The van der Waals surface area contributed by atoms with Crippen LogP contribution in [0, 0.1) is 13.8 Å². The van der Waals surface area contributed by atoms with Crippen LogP contribution < -0.4 is 5.32 Å². The molecule has 0 atom stereocenters. The van der Waals surface area contributed by atoms with E-state index in [2.05, 4.69) is 37.4 Å². The molecule has 0 aromatic heterocycles. The molecule has 0 aliphatic carbocycles. The Hall–Kier alpha value is -1.71. The number of carbonyl (C=O) groups is 1. The molecule has 0 fully saturated rings. The molecule has 130 valence electrons. The molecule has 23 heavy (non-hydrogen) atoms. The van der Waals surface area contributed by atoms with Crippen molar-refractivity contribution >= 4 is 11.8 Å². The quantitative estimate of drug-likeness (QED) is 0.870. The lowest BCUT2D eigenvalue weighted by Crippen LogP contribution is -2.49. The Kier molecular flexibility index (Phi) is 6.09. The first-order valence-electron chi connectivity index (χ1n) is 8.22. The maximum atomic E-state index is 12.4. The van der Waals surface area contributed by atoms with Crippen molar-refractivity contribution in [2.24, 2.45) is 0 Å². The van der Waals surface area contributed by atoms with E-state index in [0.29, 0.717) is 13.1 Å². The van der Waals surface area contributed by atoms with Gasteiger partial charge in [0.1, 0.15) is 5.60 Å². The van der Waals surface area contributed by atoms with E-state index < -0.39 is 5.60 Å². The molecule has 0 radical (unpaired) electrons. The zero-order valence-electron chi connectivity index (χ0n) is 15.9. The summed E-state index contributed by atoms with van der Waals surface area (Å²) in [5.41, 5.74) is 2.80. The Bertz CT molecular complexity index is 539. The van der Waals surface area contributed by atoms with Gasteiger partial charge in [-0.2, -0.15) is 0 Å². The van der Waals surface area contributed by atoms with Gasteiger partial charge in [0, 0.05) is 24.3 Å². The molecule has 0 aliphatic rings. The van der Waals surface area contributed by atoms with E-state index in [-0.39, 0.29) is 11.6 Å². The van der Waals surface area contributed by atoms with Crippen LogP contribution >= 0.6 is 0 Å². The van der Waals surface area contributed by atoms with Gasteiger partial charge in [-0.25, -0.2) is 4.79 Å². The van der Waals surface area contributed by atoms with Crippen molar-refractivity contribution in [1.29, 1.82) is 0 Å². The number of benzene rings is 1. The molecule has 0 saturated carbocycles. The van der Waals surface area contributed by atoms with E-state index in [0.717, 1.165) is 5.69 Å². The minimum atomic E-state index is -0.485. The number of amides is 1. The second-order valence-corrected chi connectivity index (χ2v) is 8.05. The summed E-state index contributed by atoms with van der Waals surface area (Å²) in [4.78, 5) is 14.2. The second kappa shape index (κ2) is 7.24. The average molecular weight is 320 g/mol.